The number of likely N-dealkylation sites (tertiary alicyclic amines) is 1. The van der Waals surface area contributed by atoms with Crippen molar-refractivity contribution in [3.05, 3.63) is 30.3 Å². The number of piperazine rings is 1. The smallest absolute Gasteiger partial charge is 0.239 e. The third kappa shape index (κ3) is 5.51. The number of hydrogen-bond acceptors (Lipinski definition) is 5. The fourth-order valence-electron chi connectivity index (χ4n) is 4.05. The van der Waals surface area contributed by atoms with Gasteiger partial charge in [0, 0.05) is 52.9 Å². The lowest BCUT2D eigenvalue weighted by molar-refractivity contribution is -0.135. The molecule has 1 atom stereocenters. The zero-order valence-corrected chi connectivity index (χ0v) is 18.8. The van der Waals surface area contributed by atoms with Crippen molar-refractivity contribution in [2.45, 2.75) is 30.7 Å². The van der Waals surface area contributed by atoms with Gasteiger partial charge in [-0.15, -0.1) is 0 Å². The predicted molar refractivity (Wildman–Crippen MR) is 118 cm³/mol. The summed E-state index contributed by atoms with van der Waals surface area (Å²) < 4.78 is 24.9. The van der Waals surface area contributed by atoms with Gasteiger partial charge in [-0.2, -0.15) is 0 Å². The van der Waals surface area contributed by atoms with Crippen LogP contribution < -0.4 is 5.32 Å². The summed E-state index contributed by atoms with van der Waals surface area (Å²) in [5, 5.41) is 3.18. The second-order valence-corrected chi connectivity index (χ2v) is 9.95. The summed E-state index contributed by atoms with van der Waals surface area (Å²) >= 11 is 0. The van der Waals surface area contributed by atoms with Crippen LogP contribution in [0, 0.1) is 0 Å². The Hall–Kier alpha value is -2.13. The van der Waals surface area contributed by atoms with Crippen LogP contribution in [0.5, 0.6) is 0 Å². The quantitative estimate of drug-likeness (QED) is 0.522. The molecule has 2 saturated heterocycles. The molecule has 2 aliphatic heterocycles. The van der Waals surface area contributed by atoms with Gasteiger partial charge in [0.2, 0.25) is 5.91 Å². The number of rotatable bonds is 6. The molecule has 30 heavy (non-hydrogen) atoms. The molecule has 1 N–H and O–H groups in total. The lowest BCUT2D eigenvalue weighted by Gasteiger charge is -2.39. The van der Waals surface area contributed by atoms with Gasteiger partial charge in [0.25, 0.3) is 0 Å². The van der Waals surface area contributed by atoms with Gasteiger partial charge in [-0.25, -0.2) is 8.42 Å². The van der Waals surface area contributed by atoms with Gasteiger partial charge < -0.3 is 15.1 Å². The summed E-state index contributed by atoms with van der Waals surface area (Å²) in [5.41, 5.74) is 0. The highest BCUT2D eigenvalue weighted by atomic mass is 32.2. The van der Waals surface area contributed by atoms with E-state index in [1.807, 2.05) is 11.8 Å². The molecule has 3 rings (SSSR count). The first-order chi connectivity index (χ1) is 14.4. The van der Waals surface area contributed by atoms with Crippen molar-refractivity contribution in [1.29, 1.82) is 0 Å². The van der Waals surface area contributed by atoms with Crippen molar-refractivity contribution >= 4 is 21.7 Å². The van der Waals surface area contributed by atoms with E-state index in [1.54, 1.807) is 37.4 Å². The highest BCUT2D eigenvalue weighted by molar-refractivity contribution is 7.91. The molecule has 0 saturated carbocycles. The summed E-state index contributed by atoms with van der Waals surface area (Å²) in [7, 11) is -1.61. The van der Waals surface area contributed by atoms with Crippen LogP contribution in [0.3, 0.4) is 0 Å². The van der Waals surface area contributed by atoms with Crippen LogP contribution in [-0.4, -0.2) is 99.6 Å². The van der Waals surface area contributed by atoms with Gasteiger partial charge in [0.1, 0.15) is 0 Å². The first-order valence-corrected chi connectivity index (χ1v) is 12.3. The maximum atomic E-state index is 12.6. The summed E-state index contributed by atoms with van der Waals surface area (Å²) in [6.45, 7) is 7.13. The van der Waals surface area contributed by atoms with E-state index in [0.29, 0.717) is 17.4 Å². The molecule has 166 valence electrons. The fraction of sp³-hybridized carbons (Fsp3) is 0.619. The second-order valence-electron chi connectivity index (χ2n) is 7.84. The third-order valence-corrected chi connectivity index (χ3v) is 7.64. The molecule has 1 aromatic rings. The van der Waals surface area contributed by atoms with Crippen LogP contribution in [0.1, 0.15) is 19.8 Å². The van der Waals surface area contributed by atoms with Gasteiger partial charge in [0.15, 0.2) is 15.8 Å². The topological polar surface area (TPSA) is 85.3 Å². The average molecular weight is 436 g/mol. The maximum Gasteiger partial charge on any atom is 0.239 e. The summed E-state index contributed by atoms with van der Waals surface area (Å²) in [5.74, 6) is 0.947. The Morgan fingerprint density at radius 3 is 2.27 bits per heavy atom. The molecule has 1 amide bonds. The molecule has 2 aliphatic rings. The fourth-order valence-corrected chi connectivity index (χ4v) is 5.23. The number of nitrogens with zero attached hydrogens (tertiary/aromatic N) is 4. The number of nitrogens with one attached hydrogen (secondary N) is 1. The highest BCUT2D eigenvalue weighted by Crippen LogP contribution is 2.14. The SMILES string of the molecule is CN=C(NCCS(=O)(=O)c1ccccc1)N1CCN(C(C)C(=O)N2CCCC2)CC1. The minimum Gasteiger partial charge on any atom is -0.355 e. The van der Waals surface area contributed by atoms with Crippen molar-refractivity contribution in [1.82, 2.24) is 20.0 Å². The zero-order valence-electron chi connectivity index (χ0n) is 18.0. The van der Waals surface area contributed by atoms with Gasteiger partial charge >= 0.3 is 0 Å². The number of amides is 1. The van der Waals surface area contributed by atoms with E-state index in [9.17, 15) is 13.2 Å². The van der Waals surface area contributed by atoms with Crippen LogP contribution in [0.15, 0.2) is 40.2 Å². The average Bonchev–Trinajstić information content (AvgIpc) is 3.31. The monoisotopic (exact) mass is 435 g/mol. The number of carbonyl (C=O) groups is 1. The van der Waals surface area contributed by atoms with Crippen molar-refractivity contribution < 1.29 is 13.2 Å². The minimum absolute atomic E-state index is 0.0113. The number of aliphatic imine (C=N–C) groups is 1. The van der Waals surface area contributed by atoms with E-state index >= 15 is 0 Å². The third-order valence-electron chi connectivity index (χ3n) is 5.90. The van der Waals surface area contributed by atoms with E-state index in [1.165, 1.54) is 0 Å². The number of carbonyl (C=O) groups excluding carboxylic acids is 1. The molecule has 0 bridgehead atoms. The van der Waals surface area contributed by atoms with E-state index in [2.05, 4.69) is 20.1 Å². The molecule has 1 unspecified atom stereocenters. The largest absolute Gasteiger partial charge is 0.355 e. The molecule has 2 heterocycles. The second kappa shape index (κ2) is 10.3. The number of benzene rings is 1. The molecule has 0 aliphatic carbocycles. The van der Waals surface area contributed by atoms with E-state index in [0.717, 1.165) is 52.1 Å². The Morgan fingerprint density at radius 1 is 1.03 bits per heavy atom. The zero-order chi connectivity index (χ0) is 21.6. The summed E-state index contributed by atoms with van der Waals surface area (Å²) in [4.78, 5) is 23.6. The van der Waals surface area contributed by atoms with Gasteiger partial charge in [-0.3, -0.25) is 14.7 Å². The normalized spacial score (nSPS) is 19.7. The molecular weight excluding hydrogens is 402 g/mol. The summed E-state index contributed by atoms with van der Waals surface area (Å²) in [6.07, 6.45) is 2.21. The van der Waals surface area contributed by atoms with E-state index in [4.69, 9.17) is 0 Å². The van der Waals surface area contributed by atoms with Gasteiger partial charge in [0.05, 0.1) is 16.7 Å². The molecule has 2 fully saturated rings. The number of hydrogen-bond donors (Lipinski definition) is 1. The Kier molecular flexibility index (Phi) is 7.71. The Bertz CT molecular complexity index is 829. The number of sulfone groups is 1. The number of guanidine groups is 1. The van der Waals surface area contributed by atoms with E-state index < -0.39 is 9.84 Å². The molecule has 0 aromatic heterocycles. The van der Waals surface area contributed by atoms with Gasteiger partial charge in [-0.05, 0) is 31.9 Å². The van der Waals surface area contributed by atoms with Crippen molar-refractivity contribution in [3.8, 4) is 0 Å². The molecule has 8 nitrogen and oxygen atoms in total. The molecule has 0 spiro atoms. The van der Waals surface area contributed by atoms with Crippen LogP contribution in [0.2, 0.25) is 0 Å². The first-order valence-electron chi connectivity index (χ1n) is 10.7. The summed E-state index contributed by atoms with van der Waals surface area (Å²) in [6, 6.07) is 8.40. The molecule has 9 heteroatoms. The molecular formula is C21H33N5O3S. The highest BCUT2D eigenvalue weighted by Gasteiger charge is 2.30. The lowest BCUT2D eigenvalue weighted by Crippen LogP contribution is -2.57. The van der Waals surface area contributed by atoms with Crippen LogP contribution in [0.4, 0.5) is 0 Å². The van der Waals surface area contributed by atoms with Crippen molar-refractivity contribution in [2.75, 3.05) is 58.6 Å². The van der Waals surface area contributed by atoms with E-state index in [-0.39, 0.29) is 17.7 Å². The standard InChI is InChI=1S/C21H33N5O3S/c1-18(20(27)25-11-6-7-12-25)24-13-15-26(16-14-24)21(22-2)23-10-17-30(28,29)19-8-4-3-5-9-19/h3-5,8-9,18H,6-7,10-17H2,1-2H3,(H,22,23). The Labute approximate surface area is 179 Å². The Balaban J connectivity index is 1.46. The van der Waals surface area contributed by atoms with Crippen LogP contribution >= 0.6 is 0 Å². The Morgan fingerprint density at radius 2 is 1.67 bits per heavy atom. The molecule has 0 radical (unpaired) electrons. The molecule has 1 aromatic carbocycles. The minimum atomic E-state index is -3.32. The van der Waals surface area contributed by atoms with Crippen LogP contribution in [-0.2, 0) is 14.6 Å². The lowest BCUT2D eigenvalue weighted by atomic mass is 10.2. The van der Waals surface area contributed by atoms with Crippen LogP contribution in [0.25, 0.3) is 0 Å². The predicted octanol–water partition coefficient (Wildman–Crippen LogP) is 0.664. The van der Waals surface area contributed by atoms with Gasteiger partial charge in [-0.1, -0.05) is 18.2 Å². The first kappa shape index (κ1) is 22.6. The maximum absolute atomic E-state index is 12.6. The van der Waals surface area contributed by atoms with Crippen molar-refractivity contribution in [2.24, 2.45) is 4.99 Å². The van der Waals surface area contributed by atoms with Crippen molar-refractivity contribution in [3.63, 3.8) is 0 Å².